The summed E-state index contributed by atoms with van der Waals surface area (Å²) in [4.78, 5) is 0. The van der Waals surface area contributed by atoms with Gasteiger partial charge in [-0.1, -0.05) is 51.1 Å². The Hall–Kier alpha value is -0.820. The van der Waals surface area contributed by atoms with Gasteiger partial charge >= 0.3 is 0 Å². The topological polar surface area (TPSA) is 12.0 Å². The van der Waals surface area contributed by atoms with Gasteiger partial charge in [-0.15, -0.1) is 0 Å². The highest BCUT2D eigenvalue weighted by atomic mass is 14.8. The number of likely N-dealkylation sites (N-methyl/N-ethyl adjacent to an activating group) is 1. The third-order valence-electron chi connectivity index (χ3n) is 2.21. The Bertz CT molecular complexity index is 206. The molecule has 0 aromatic heterocycles. The van der Waals surface area contributed by atoms with Crippen LogP contribution in [0.5, 0.6) is 0 Å². The molecule has 0 saturated heterocycles. The summed E-state index contributed by atoms with van der Waals surface area (Å²) in [6, 6.07) is 10.7. The minimum absolute atomic E-state index is 0.663. The van der Waals surface area contributed by atoms with Crippen LogP contribution in [0.4, 0.5) is 0 Å². The van der Waals surface area contributed by atoms with E-state index in [0.717, 1.165) is 6.54 Å². The molecule has 0 saturated carbocycles. The van der Waals surface area contributed by atoms with E-state index in [2.05, 4.69) is 42.6 Å². The smallest absolute Gasteiger partial charge is 0.00170 e. The fourth-order valence-electron chi connectivity index (χ4n) is 1.47. The first kappa shape index (κ1) is 13.2. The lowest BCUT2D eigenvalue weighted by atomic mass is 9.97. The van der Waals surface area contributed by atoms with Gasteiger partial charge in [0.15, 0.2) is 0 Å². The van der Waals surface area contributed by atoms with Crippen molar-refractivity contribution in [3.63, 3.8) is 0 Å². The van der Waals surface area contributed by atoms with E-state index in [0.29, 0.717) is 5.92 Å². The molecule has 14 heavy (non-hydrogen) atoms. The van der Waals surface area contributed by atoms with Crippen LogP contribution in [-0.4, -0.2) is 13.6 Å². The second-order valence-electron chi connectivity index (χ2n) is 3.07. The molecule has 0 spiro atoms. The quantitative estimate of drug-likeness (QED) is 0.772. The summed E-state index contributed by atoms with van der Waals surface area (Å²) in [5.41, 5.74) is 1.44. The van der Waals surface area contributed by atoms with Gasteiger partial charge in [-0.3, -0.25) is 0 Å². The van der Waals surface area contributed by atoms with Crippen molar-refractivity contribution in [2.24, 2.45) is 0 Å². The van der Waals surface area contributed by atoms with Crippen molar-refractivity contribution in [2.45, 2.75) is 33.1 Å². The van der Waals surface area contributed by atoms with E-state index < -0.39 is 0 Å². The van der Waals surface area contributed by atoms with Gasteiger partial charge in [0.05, 0.1) is 0 Å². The molecule has 1 rings (SSSR count). The van der Waals surface area contributed by atoms with Gasteiger partial charge in [-0.2, -0.15) is 0 Å². The third kappa shape index (κ3) is 4.43. The van der Waals surface area contributed by atoms with Crippen LogP contribution in [0, 0.1) is 0 Å². The molecule has 0 aliphatic rings. The molecule has 1 N–H and O–H groups in total. The minimum Gasteiger partial charge on any atom is -0.319 e. The number of rotatable bonds is 4. The lowest BCUT2D eigenvalue weighted by Crippen LogP contribution is -2.16. The molecule has 1 atom stereocenters. The highest BCUT2D eigenvalue weighted by Gasteiger charge is 2.05. The van der Waals surface area contributed by atoms with Crippen LogP contribution < -0.4 is 5.32 Å². The summed E-state index contributed by atoms with van der Waals surface area (Å²) < 4.78 is 0. The molecule has 0 aliphatic carbocycles. The predicted molar refractivity (Wildman–Crippen MR) is 64.7 cm³/mol. The van der Waals surface area contributed by atoms with Gasteiger partial charge in [0.2, 0.25) is 0 Å². The number of benzene rings is 1. The molecule has 0 amide bonds. The Labute approximate surface area is 88.5 Å². The molecule has 0 bridgehead atoms. The van der Waals surface area contributed by atoms with Crippen molar-refractivity contribution < 1.29 is 0 Å². The summed E-state index contributed by atoms with van der Waals surface area (Å²) in [6.07, 6.45) is 1.20. The first-order valence-electron chi connectivity index (χ1n) is 5.58. The summed E-state index contributed by atoms with van der Waals surface area (Å²) in [5.74, 6) is 0.663. The van der Waals surface area contributed by atoms with E-state index in [9.17, 15) is 0 Å². The molecule has 1 aromatic carbocycles. The van der Waals surface area contributed by atoms with Crippen molar-refractivity contribution >= 4 is 0 Å². The second-order valence-corrected chi connectivity index (χ2v) is 3.07. The first-order chi connectivity index (χ1) is 6.88. The standard InChI is InChI=1S/C11H17N.C2H6/c1-3-10(9-12-2)11-7-5-4-6-8-11;1-2/h4-8,10,12H,3,9H2,1-2H3;1-2H3. The molecular formula is C13H23N. The molecule has 1 nitrogen and oxygen atoms in total. The van der Waals surface area contributed by atoms with Crippen molar-refractivity contribution in [3.05, 3.63) is 35.9 Å². The maximum absolute atomic E-state index is 3.22. The molecule has 1 aromatic rings. The molecule has 0 radical (unpaired) electrons. The minimum atomic E-state index is 0.663. The maximum atomic E-state index is 3.22. The monoisotopic (exact) mass is 193 g/mol. The van der Waals surface area contributed by atoms with Crippen LogP contribution >= 0.6 is 0 Å². The van der Waals surface area contributed by atoms with Crippen LogP contribution in [0.25, 0.3) is 0 Å². The SMILES string of the molecule is CC.CCC(CNC)c1ccccc1. The molecule has 0 heterocycles. The van der Waals surface area contributed by atoms with E-state index >= 15 is 0 Å². The van der Waals surface area contributed by atoms with Gasteiger partial charge in [0, 0.05) is 6.54 Å². The van der Waals surface area contributed by atoms with Crippen LogP contribution in [0.3, 0.4) is 0 Å². The summed E-state index contributed by atoms with van der Waals surface area (Å²) in [5, 5.41) is 3.22. The number of hydrogen-bond donors (Lipinski definition) is 1. The fraction of sp³-hybridized carbons (Fsp3) is 0.538. The van der Waals surface area contributed by atoms with Crippen molar-refractivity contribution in [1.82, 2.24) is 5.32 Å². The average molecular weight is 193 g/mol. The van der Waals surface area contributed by atoms with Crippen molar-refractivity contribution in [3.8, 4) is 0 Å². The Kier molecular flexibility index (Phi) is 8.25. The van der Waals surface area contributed by atoms with E-state index in [1.165, 1.54) is 12.0 Å². The number of nitrogens with one attached hydrogen (secondary N) is 1. The maximum Gasteiger partial charge on any atom is 0.00170 e. The lowest BCUT2D eigenvalue weighted by molar-refractivity contribution is 0.612. The summed E-state index contributed by atoms with van der Waals surface area (Å²) >= 11 is 0. The van der Waals surface area contributed by atoms with E-state index in [1.807, 2.05) is 20.9 Å². The lowest BCUT2D eigenvalue weighted by Gasteiger charge is -2.13. The van der Waals surface area contributed by atoms with E-state index in [4.69, 9.17) is 0 Å². The Balaban J connectivity index is 0.000000791. The van der Waals surface area contributed by atoms with E-state index in [1.54, 1.807) is 0 Å². The third-order valence-corrected chi connectivity index (χ3v) is 2.21. The molecule has 1 heteroatoms. The van der Waals surface area contributed by atoms with Crippen molar-refractivity contribution in [2.75, 3.05) is 13.6 Å². The summed E-state index contributed by atoms with van der Waals surface area (Å²) in [6.45, 7) is 7.30. The van der Waals surface area contributed by atoms with Gasteiger partial charge in [-0.25, -0.2) is 0 Å². The van der Waals surface area contributed by atoms with Crippen LogP contribution in [-0.2, 0) is 0 Å². The number of hydrogen-bond acceptors (Lipinski definition) is 1. The molecular weight excluding hydrogens is 170 g/mol. The van der Waals surface area contributed by atoms with Crippen LogP contribution in [0.15, 0.2) is 30.3 Å². The zero-order valence-electron chi connectivity index (χ0n) is 9.88. The van der Waals surface area contributed by atoms with Crippen molar-refractivity contribution in [1.29, 1.82) is 0 Å². The highest BCUT2D eigenvalue weighted by Crippen LogP contribution is 2.17. The normalized spacial score (nSPS) is 11.4. The Morgan fingerprint density at radius 1 is 1.14 bits per heavy atom. The highest BCUT2D eigenvalue weighted by molar-refractivity contribution is 5.19. The molecule has 1 unspecified atom stereocenters. The van der Waals surface area contributed by atoms with Crippen LogP contribution in [0.1, 0.15) is 38.7 Å². The molecule has 80 valence electrons. The first-order valence-corrected chi connectivity index (χ1v) is 5.58. The molecule has 0 fully saturated rings. The molecule has 0 aliphatic heterocycles. The fourth-order valence-corrected chi connectivity index (χ4v) is 1.47. The van der Waals surface area contributed by atoms with Gasteiger partial charge in [0.25, 0.3) is 0 Å². The van der Waals surface area contributed by atoms with Gasteiger partial charge < -0.3 is 5.32 Å². The second kappa shape index (κ2) is 8.76. The van der Waals surface area contributed by atoms with Crippen LogP contribution in [0.2, 0.25) is 0 Å². The zero-order chi connectivity index (χ0) is 10.8. The summed E-state index contributed by atoms with van der Waals surface area (Å²) in [7, 11) is 2.01. The van der Waals surface area contributed by atoms with E-state index in [-0.39, 0.29) is 0 Å². The zero-order valence-corrected chi connectivity index (χ0v) is 9.88. The largest absolute Gasteiger partial charge is 0.319 e. The predicted octanol–water partition coefficient (Wildman–Crippen LogP) is 3.43. The average Bonchev–Trinajstić information content (AvgIpc) is 2.30. The Morgan fingerprint density at radius 3 is 2.14 bits per heavy atom. The van der Waals surface area contributed by atoms with Gasteiger partial charge in [0.1, 0.15) is 0 Å². The van der Waals surface area contributed by atoms with Gasteiger partial charge in [-0.05, 0) is 24.9 Å². The Morgan fingerprint density at radius 2 is 1.71 bits per heavy atom.